The van der Waals surface area contributed by atoms with Crippen molar-refractivity contribution in [2.45, 2.75) is 32.2 Å². The molecule has 0 unspecified atom stereocenters. The Kier molecular flexibility index (Phi) is 3.92. The van der Waals surface area contributed by atoms with Crippen LogP contribution in [0.5, 0.6) is 0 Å². The molecule has 2 heterocycles. The lowest BCUT2D eigenvalue weighted by molar-refractivity contribution is -0.134. The SMILES string of the molecule is C[C@H]1C[C@@H](CO)CCN1C(=O)Cc1[nH]nc2ccccc12. The number of para-hydroxylation sites is 1. The number of hydrogen-bond donors (Lipinski definition) is 2. The molecule has 1 saturated heterocycles. The highest BCUT2D eigenvalue weighted by molar-refractivity contribution is 5.87. The average Bonchev–Trinajstić information content (AvgIpc) is 2.90. The number of rotatable bonds is 3. The van der Waals surface area contributed by atoms with Gasteiger partial charge in [-0.15, -0.1) is 0 Å². The van der Waals surface area contributed by atoms with Crippen molar-refractivity contribution in [3.8, 4) is 0 Å². The van der Waals surface area contributed by atoms with Crippen LogP contribution in [0.4, 0.5) is 0 Å². The van der Waals surface area contributed by atoms with Crippen molar-refractivity contribution >= 4 is 16.8 Å². The molecule has 0 aliphatic carbocycles. The van der Waals surface area contributed by atoms with E-state index in [1.54, 1.807) is 0 Å². The summed E-state index contributed by atoms with van der Waals surface area (Å²) >= 11 is 0. The van der Waals surface area contributed by atoms with Crippen LogP contribution in [0.2, 0.25) is 0 Å². The highest BCUT2D eigenvalue weighted by atomic mass is 16.3. The van der Waals surface area contributed by atoms with Gasteiger partial charge in [0.25, 0.3) is 0 Å². The molecule has 1 aromatic heterocycles. The first-order valence-corrected chi connectivity index (χ1v) is 7.51. The third-order valence-electron chi connectivity index (χ3n) is 4.43. The predicted octanol–water partition coefficient (Wildman–Crippen LogP) is 1.72. The van der Waals surface area contributed by atoms with E-state index in [1.165, 1.54) is 0 Å². The van der Waals surface area contributed by atoms with Crippen LogP contribution in [-0.2, 0) is 11.2 Å². The first-order valence-electron chi connectivity index (χ1n) is 7.51. The van der Waals surface area contributed by atoms with Crippen molar-refractivity contribution in [3.05, 3.63) is 30.0 Å². The van der Waals surface area contributed by atoms with Crippen molar-refractivity contribution < 1.29 is 9.90 Å². The number of fused-ring (bicyclic) bond motifs is 1. The molecule has 112 valence electrons. The van der Waals surface area contributed by atoms with E-state index in [9.17, 15) is 9.90 Å². The third-order valence-corrected chi connectivity index (χ3v) is 4.43. The van der Waals surface area contributed by atoms with Gasteiger partial charge in [0.2, 0.25) is 5.91 Å². The van der Waals surface area contributed by atoms with E-state index in [4.69, 9.17) is 0 Å². The van der Waals surface area contributed by atoms with Gasteiger partial charge in [-0.3, -0.25) is 9.89 Å². The normalized spacial score (nSPS) is 22.7. The van der Waals surface area contributed by atoms with Gasteiger partial charge in [-0.2, -0.15) is 5.10 Å². The van der Waals surface area contributed by atoms with Crippen molar-refractivity contribution in [1.29, 1.82) is 0 Å². The van der Waals surface area contributed by atoms with Crippen LogP contribution in [0.25, 0.3) is 10.9 Å². The van der Waals surface area contributed by atoms with Gasteiger partial charge in [-0.25, -0.2) is 0 Å². The second-order valence-corrected chi connectivity index (χ2v) is 5.91. The first-order chi connectivity index (χ1) is 10.2. The van der Waals surface area contributed by atoms with E-state index >= 15 is 0 Å². The number of aromatic nitrogens is 2. The summed E-state index contributed by atoms with van der Waals surface area (Å²) < 4.78 is 0. The monoisotopic (exact) mass is 287 g/mol. The van der Waals surface area contributed by atoms with E-state index in [1.807, 2.05) is 29.2 Å². The largest absolute Gasteiger partial charge is 0.396 e. The molecule has 1 amide bonds. The fourth-order valence-electron chi connectivity index (χ4n) is 3.21. The molecule has 2 atom stereocenters. The molecule has 1 aliphatic rings. The molecule has 0 spiro atoms. The predicted molar refractivity (Wildman–Crippen MR) is 80.8 cm³/mol. The lowest BCUT2D eigenvalue weighted by Gasteiger charge is -2.37. The van der Waals surface area contributed by atoms with E-state index in [-0.39, 0.29) is 18.6 Å². The van der Waals surface area contributed by atoms with E-state index in [0.29, 0.717) is 12.3 Å². The molecule has 5 heteroatoms. The van der Waals surface area contributed by atoms with Crippen LogP contribution in [-0.4, -0.2) is 45.3 Å². The maximum absolute atomic E-state index is 12.5. The third kappa shape index (κ3) is 2.78. The summed E-state index contributed by atoms with van der Waals surface area (Å²) in [5.41, 5.74) is 1.78. The van der Waals surface area contributed by atoms with Crippen LogP contribution in [0.15, 0.2) is 24.3 Å². The number of nitrogens with zero attached hydrogens (tertiary/aromatic N) is 2. The van der Waals surface area contributed by atoms with Gasteiger partial charge in [0.15, 0.2) is 0 Å². The van der Waals surface area contributed by atoms with Crippen molar-refractivity contribution in [2.75, 3.05) is 13.2 Å². The summed E-state index contributed by atoms with van der Waals surface area (Å²) in [4.78, 5) is 14.5. The quantitative estimate of drug-likeness (QED) is 0.903. The highest BCUT2D eigenvalue weighted by Crippen LogP contribution is 2.24. The Morgan fingerprint density at radius 3 is 3.05 bits per heavy atom. The number of aromatic amines is 1. The van der Waals surface area contributed by atoms with E-state index in [2.05, 4.69) is 17.1 Å². The lowest BCUT2D eigenvalue weighted by Crippen LogP contribution is -2.45. The second-order valence-electron chi connectivity index (χ2n) is 5.91. The number of benzene rings is 1. The fourth-order valence-corrected chi connectivity index (χ4v) is 3.21. The maximum Gasteiger partial charge on any atom is 0.228 e. The van der Waals surface area contributed by atoms with Gasteiger partial charge < -0.3 is 10.0 Å². The van der Waals surface area contributed by atoms with Crippen LogP contribution in [0, 0.1) is 5.92 Å². The van der Waals surface area contributed by atoms with Crippen LogP contribution in [0.1, 0.15) is 25.5 Å². The molecule has 2 aromatic rings. The Bertz CT molecular complexity index is 637. The zero-order valence-electron chi connectivity index (χ0n) is 12.2. The molecular formula is C16H21N3O2. The summed E-state index contributed by atoms with van der Waals surface area (Å²) in [6.07, 6.45) is 2.12. The van der Waals surface area contributed by atoms with Gasteiger partial charge >= 0.3 is 0 Å². The minimum atomic E-state index is 0.133. The Labute approximate surface area is 124 Å². The average molecular weight is 287 g/mol. The number of hydrogen-bond acceptors (Lipinski definition) is 3. The molecule has 1 aliphatic heterocycles. The number of likely N-dealkylation sites (tertiary alicyclic amines) is 1. The molecule has 1 fully saturated rings. The molecule has 5 nitrogen and oxygen atoms in total. The number of carbonyl (C=O) groups is 1. The van der Waals surface area contributed by atoms with Gasteiger partial charge in [0.05, 0.1) is 17.6 Å². The smallest absolute Gasteiger partial charge is 0.228 e. The van der Waals surface area contributed by atoms with Gasteiger partial charge in [-0.05, 0) is 31.7 Å². The number of aliphatic hydroxyl groups is 1. The summed E-state index contributed by atoms with van der Waals surface area (Å²) in [7, 11) is 0. The number of amides is 1. The van der Waals surface area contributed by atoms with Crippen LogP contribution < -0.4 is 0 Å². The number of piperidine rings is 1. The van der Waals surface area contributed by atoms with Crippen molar-refractivity contribution in [3.63, 3.8) is 0 Å². The fraction of sp³-hybridized carbons (Fsp3) is 0.500. The van der Waals surface area contributed by atoms with E-state index in [0.717, 1.165) is 36.0 Å². The second kappa shape index (κ2) is 5.85. The van der Waals surface area contributed by atoms with Crippen molar-refractivity contribution in [1.82, 2.24) is 15.1 Å². The Morgan fingerprint density at radius 2 is 2.29 bits per heavy atom. The zero-order chi connectivity index (χ0) is 14.8. The Balaban J connectivity index is 1.72. The Morgan fingerprint density at radius 1 is 1.48 bits per heavy atom. The minimum absolute atomic E-state index is 0.133. The summed E-state index contributed by atoms with van der Waals surface area (Å²) in [6.45, 7) is 3.01. The molecule has 0 saturated carbocycles. The maximum atomic E-state index is 12.5. The molecular weight excluding hydrogens is 266 g/mol. The lowest BCUT2D eigenvalue weighted by atomic mass is 9.92. The highest BCUT2D eigenvalue weighted by Gasteiger charge is 2.28. The van der Waals surface area contributed by atoms with Crippen molar-refractivity contribution in [2.24, 2.45) is 5.92 Å². The molecule has 0 radical (unpaired) electrons. The van der Waals surface area contributed by atoms with Gasteiger partial charge in [-0.1, -0.05) is 18.2 Å². The first kappa shape index (κ1) is 14.1. The minimum Gasteiger partial charge on any atom is -0.396 e. The van der Waals surface area contributed by atoms with Crippen LogP contribution in [0.3, 0.4) is 0 Å². The topological polar surface area (TPSA) is 69.2 Å². The molecule has 3 rings (SSSR count). The molecule has 21 heavy (non-hydrogen) atoms. The molecule has 0 bridgehead atoms. The van der Waals surface area contributed by atoms with E-state index < -0.39 is 0 Å². The van der Waals surface area contributed by atoms with Gasteiger partial charge in [0.1, 0.15) is 0 Å². The molecule has 2 N–H and O–H groups in total. The molecule has 1 aromatic carbocycles. The Hall–Kier alpha value is -1.88. The number of H-pyrrole nitrogens is 1. The summed E-state index contributed by atoms with van der Waals surface area (Å²) in [5.74, 6) is 0.463. The zero-order valence-corrected chi connectivity index (χ0v) is 12.2. The standard InChI is InChI=1S/C16H21N3O2/c1-11-8-12(10-20)6-7-19(11)16(21)9-15-13-4-2-3-5-14(13)17-18-15/h2-5,11-12,20H,6-10H2,1H3,(H,17,18)/t11-,12-/m0/s1. The summed E-state index contributed by atoms with van der Waals surface area (Å²) in [5, 5.41) is 17.5. The van der Waals surface area contributed by atoms with Crippen LogP contribution >= 0.6 is 0 Å². The number of aliphatic hydroxyl groups excluding tert-OH is 1. The number of nitrogens with one attached hydrogen (secondary N) is 1. The number of carbonyl (C=O) groups excluding carboxylic acids is 1. The summed E-state index contributed by atoms with van der Waals surface area (Å²) in [6, 6.07) is 8.02. The van der Waals surface area contributed by atoms with Gasteiger partial charge in [0, 0.05) is 24.6 Å².